The Morgan fingerprint density at radius 2 is 1.93 bits per heavy atom. The highest BCUT2D eigenvalue weighted by Gasteiger charge is 2.18. The molecule has 1 aromatic heterocycles. The van der Waals surface area contributed by atoms with Gasteiger partial charge >= 0.3 is 0 Å². The number of hydrogen-bond acceptors (Lipinski definition) is 6. The highest BCUT2D eigenvalue weighted by molar-refractivity contribution is 8.00. The molecule has 0 N–H and O–H groups in total. The lowest BCUT2D eigenvalue weighted by atomic mass is 10.1. The van der Waals surface area contributed by atoms with Gasteiger partial charge in [-0.1, -0.05) is 23.9 Å². The highest BCUT2D eigenvalue weighted by Crippen LogP contribution is 2.27. The molecule has 0 unspecified atom stereocenters. The van der Waals surface area contributed by atoms with E-state index >= 15 is 0 Å². The molecular formula is C23H23N3O2S2. The first kappa shape index (κ1) is 21.9. The standard InChI is InChI=1S/C23H23N3O2S2/c1-3-28-21-11-9-20(10-12-21)26(14-4-13-24)22(27)19-7-5-18(6-8-19)16-30-23-25-17(2)15-29-23/h5-12,15H,3-4,14,16H2,1-2H3. The molecule has 7 heteroatoms. The van der Waals surface area contributed by atoms with Crippen molar-refractivity contribution in [3.8, 4) is 11.8 Å². The summed E-state index contributed by atoms with van der Waals surface area (Å²) in [7, 11) is 0. The third-order valence-corrected chi connectivity index (χ3v) is 6.52. The lowest BCUT2D eigenvalue weighted by Gasteiger charge is -2.22. The molecule has 3 rings (SSSR count). The first-order valence-corrected chi connectivity index (χ1v) is 11.5. The van der Waals surface area contributed by atoms with E-state index in [4.69, 9.17) is 10.00 Å². The molecule has 2 aromatic carbocycles. The van der Waals surface area contributed by atoms with E-state index in [-0.39, 0.29) is 12.3 Å². The van der Waals surface area contributed by atoms with Gasteiger partial charge in [0.15, 0.2) is 0 Å². The summed E-state index contributed by atoms with van der Waals surface area (Å²) in [5, 5.41) is 11.0. The zero-order valence-corrected chi connectivity index (χ0v) is 18.6. The van der Waals surface area contributed by atoms with Crippen LogP contribution in [0, 0.1) is 18.3 Å². The number of nitrogens with zero attached hydrogens (tertiary/aromatic N) is 3. The SMILES string of the molecule is CCOc1ccc(N(CCC#N)C(=O)c2ccc(CSc3nc(C)cs3)cc2)cc1. The summed E-state index contributed by atoms with van der Waals surface area (Å²) in [6.07, 6.45) is 0.265. The second-order valence-electron chi connectivity index (χ2n) is 6.53. The average Bonchev–Trinajstić information content (AvgIpc) is 3.19. The van der Waals surface area contributed by atoms with Gasteiger partial charge in [-0.25, -0.2) is 4.98 Å². The number of benzene rings is 2. The molecule has 0 saturated heterocycles. The van der Waals surface area contributed by atoms with Crippen LogP contribution in [0.4, 0.5) is 5.69 Å². The van der Waals surface area contributed by atoms with E-state index in [1.54, 1.807) is 28.0 Å². The van der Waals surface area contributed by atoms with Crippen LogP contribution in [0.15, 0.2) is 58.3 Å². The van der Waals surface area contributed by atoms with Crippen LogP contribution in [0.1, 0.15) is 35.0 Å². The molecule has 0 aliphatic heterocycles. The largest absolute Gasteiger partial charge is 0.494 e. The van der Waals surface area contributed by atoms with Crippen LogP contribution in [-0.4, -0.2) is 24.0 Å². The minimum atomic E-state index is -0.121. The van der Waals surface area contributed by atoms with Gasteiger partial charge in [0.1, 0.15) is 10.1 Å². The molecule has 1 amide bonds. The van der Waals surface area contributed by atoms with Gasteiger partial charge in [0.05, 0.1) is 19.1 Å². The summed E-state index contributed by atoms with van der Waals surface area (Å²) in [4.78, 5) is 19.2. The van der Waals surface area contributed by atoms with Crippen molar-refractivity contribution >= 4 is 34.7 Å². The Labute approximate surface area is 185 Å². The predicted octanol–water partition coefficient (Wildman–Crippen LogP) is 5.70. The molecule has 0 bridgehead atoms. The minimum absolute atomic E-state index is 0.121. The summed E-state index contributed by atoms with van der Waals surface area (Å²) in [5.74, 6) is 1.44. The quantitative estimate of drug-likeness (QED) is 0.402. The maximum atomic E-state index is 13.1. The number of anilines is 1. The number of aromatic nitrogens is 1. The van der Waals surface area contributed by atoms with Crippen molar-refractivity contribution in [1.29, 1.82) is 5.26 Å². The third kappa shape index (κ3) is 5.85. The number of nitriles is 1. The fraction of sp³-hybridized carbons (Fsp3) is 0.261. The minimum Gasteiger partial charge on any atom is -0.494 e. The van der Waals surface area contributed by atoms with Crippen molar-refractivity contribution in [2.24, 2.45) is 0 Å². The van der Waals surface area contributed by atoms with Crippen molar-refractivity contribution < 1.29 is 9.53 Å². The maximum Gasteiger partial charge on any atom is 0.258 e. The molecule has 0 fully saturated rings. The number of rotatable bonds is 9. The molecule has 1 heterocycles. The van der Waals surface area contributed by atoms with Gasteiger partial charge in [-0.2, -0.15) is 5.26 Å². The molecule has 0 aliphatic rings. The van der Waals surface area contributed by atoms with Crippen molar-refractivity contribution in [2.45, 2.75) is 30.4 Å². The van der Waals surface area contributed by atoms with Crippen LogP contribution in [0.2, 0.25) is 0 Å². The molecule has 30 heavy (non-hydrogen) atoms. The summed E-state index contributed by atoms with van der Waals surface area (Å²) in [5.41, 5.74) is 3.52. The van der Waals surface area contributed by atoms with E-state index in [0.717, 1.165) is 32.8 Å². The summed E-state index contributed by atoms with van der Waals surface area (Å²) < 4.78 is 6.52. The second kappa shape index (κ2) is 10.8. The van der Waals surface area contributed by atoms with Crippen molar-refractivity contribution in [2.75, 3.05) is 18.1 Å². The molecule has 0 spiro atoms. The van der Waals surface area contributed by atoms with E-state index in [9.17, 15) is 4.79 Å². The number of aryl methyl sites for hydroxylation is 1. The normalized spacial score (nSPS) is 10.4. The van der Waals surface area contributed by atoms with Crippen LogP contribution >= 0.6 is 23.1 Å². The Kier molecular flexibility index (Phi) is 7.89. The van der Waals surface area contributed by atoms with E-state index in [0.29, 0.717) is 18.7 Å². The fourth-order valence-electron chi connectivity index (χ4n) is 2.84. The van der Waals surface area contributed by atoms with E-state index in [1.807, 2.05) is 67.8 Å². The average molecular weight is 438 g/mol. The molecule has 0 radical (unpaired) electrons. The first-order chi connectivity index (χ1) is 14.6. The third-order valence-electron chi connectivity index (χ3n) is 4.31. The first-order valence-electron chi connectivity index (χ1n) is 9.66. The summed E-state index contributed by atoms with van der Waals surface area (Å²) >= 11 is 3.34. The molecular weight excluding hydrogens is 414 g/mol. The molecule has 0 saturated carbocycles. The van der Waals surface area contributed by atoms with Crippen LogP contribution in [-0.2, 0) is 5.75 Å². The molecule has 3 aromatic rings. The van der Waals surface area contributed by atoms with Crippen molar-refractivity contribution in [1.82, 2.24) is 4.98 Å². The van der Waals surface area contributed by atoms with Gasteiger partial charge in [0.2, 0.25) is 0 Å². The van der Waals surface area contributed by atoms with E-state index < -0.39 is 0 Å². The molecule has 0 atom stereocenters. The topological polar surface area (TPSA) is 66.2 Å². The smallest absolute Gasteiger partial charge is 0.258 e. The Bertz CT molecular complexity index is 1010. The monoisotopic (exact) mass is 437 g/mol. The van der Waals surface area contributed by atoms with Crippen LogP contribution in [0.25, 0.3) is 0 Å². The number of amides is 1. The fourth-order valence-corrected chi connectivity index (χ4v) is 4.65. The summed E-state index contributed by atoms with van der Waals surface area (Å²) in [6.45, 7) is 4.84. The van der Waals surface area contributed by atoms with Gasteiger partial charge in [-0.05, 0) is 55.8 Å². The predicted molar refractivity (Wildman–Crippen MR) is 122 cm³/mol. The number of thioether (sulfide) groups is 1. The van der Waals surface area contributed by atoms with E-state index in [1.165, 1.54) is 0 Å². The molecule has 5 nitrogen and oxygen atoms in total. The van der Waals surface area contributed by atoms with Crippen molar-refractivity contribution in [3.05, 3.63) is 70.7 Å². The highest BCUT2D eigenvalue weighted by atomic mass is 32.2. The van der Waals surface area contributed by atoms with Gasteiger partial charge < -0.3 is 9.64 Å². The zero-order chi connectivity index (χ0) is 21.3. The molecule has 0 aliphatic carbocycles. The van der Waals surface area contributed by atoms with Crippen LogP contribution in [0.3, 0.4) is 0 Å². The summed E-state index contributed by atoms with van der Waals surface area (Å²) in [6, 6.07) is 17.1. The van der Waals surface area contributed by atoms with Gasteiger partial charge in [0, 0.05) is 34.6 Å². The second-order valence-corrected chi connectivity index (χ2v) is 8.61. The Morgan fingerprint density at radius 3 is 2.53 bits per heavy atom. The number of thiazole rings is 1. The zero-order valence-electron chi connectivity index (χ0n) is 17.0. The van der Waals surface area contributed by atoms with Gasteiger partial charge in [0.25, 0.3) is 5.91 Å². The Balaban J connectivity index is 1.71. The van der Waals surface area contributed by atoms with E-state index in [2.05, 4.69) is 11.1 Å². The lowest BCUT2D eigenvalue weighted by Crippen LogP contribution is -2.31. The number of ether oxygens (including phenoxy) is 1. The number of carbonyl (C=O) groups is 1. The Morgan fingerprint density at radius 1 is 1.20 bits per heavy atom. The molecule has 154 valence electrons. The van der Waals surface area contributed by atoms with Crippen LogP contribution < -0.4 is 9.64 Å². The number of carbonyl (C=O) groups excluding carboxylic acids is 1. The van der Waals surface area contributed by atoms with Crippen molar-refractivity contribution in [3.63, 3.8) is 0 Å². The van der Waals surface area contributed by atoms with Gasteiger partial charge in [-0.15, -0.1) is 11.3 Å². The lowest BCUT2D eigenvalue weighted by molar-refractivity contribution is 0.0987. The van der Waals surface area contributed by atoms with Crippen LogP contribution in [0.5, 0.6) is 5.75 Å². The maximum absolute atomic E-state index is 13.1. The van der Waals surface area contributed by atoms with Gasteiger partial charge in [-0.3, -0.25) is 4.79 Å². The number of hydrogen-bond donors (Lipinski definition) is 0. The Hall–Kier alpha value is -2.82.